The van der Waals surface area contributed by atoms with Gasteiger partial charge in [0.05, 0.1) is 10.6 Å². The first-order valence-corrected chi connectivity index (χ1v) is 5.55. The number of halogens is 2. The lowest BCUT2D eigenvalue weighted by atomic mass is 10.2. The highest BCUT2D eigenvalue weighted by Gasteiger charge is 2.15. The van der Waals surface area contributed by atoms with Crippen molar-refractivity contribution in [2.75, 3.05) is 6.54 Å². The van der Waals surface area contributed by atoms with Crippen molar-refractivity contribution >= 4 is 11.6 Å². The summed E-state index contributed by atoms with van der Waals surface area (Å²) in [5.74, 6) is 0.572. The second-order valence-corrected chi connectivity index (χ2v) is 4.02. The normalized spacial score (nSPS) is 10.8. The molecule has 0 bridgehead atoms. The van der Waals surface area contributed by atoms with E-state index < -0.39 is 5.82 Å². The van der Waals surface area contributed by atoms with Gasteiger partial charge >= 0.3 is 0 Å². The minimum atomic E-state index is -0.428. The van der Waals surface area contributed by atoms with Crippen molar-refractivity contribution in [1.82, 2.24) is 14.8 Å². The van der Waals surface area contributed by atoms with Gasteiger partial charge in [0, 0.05) is 13.5 Å². The predicted octanol–water partition coefficient (Wildman–Crippen LogP) is 1.78. The van der Waals surface area contributed by atoms with Crippen molar-refractivity contribution in [3.05, 3.63) is 34.9 Å². The maximum atomic E-state index is 13.7. The van der Waals surface area contributed by atoms with Crippen LogP contribution >= 0.6 is 11.6 Å². The summed E-state index contributed by atoms with van der Waals surface area (Å²) >= 11 is 5.95. The van der Waals surface area contributed by atoms with Crippen LogP contribution in [0.1, 0.15) is 5.82 Å². The topological polar surface area (TPSA) is 56.7 Å². The van der Waals surface area contributed by atoms with E-state index in [0.717, 1.165) is 0 Å². The summed E-state index contributed by atoms with van der Waals surface area (Å²) in [6, 6.07) is 4.49. The SMILES string of the molecule is Cn1nc(-c2c(F)cccc2Cl)nc1CCN. The fourth-order valence-corrected chi connectivity index (χ4v) is 1.83. The van der Waals surface area contributed by atoms with Gasteiger partial charge in [-0.2, -0.15) is 5.10 Å². The van der Waals surface area contributed by atoms with Gasteiger partial charge in [-0.05, 0) is 18.7 Å². The second kappa shape index (κ2) is 4.81. The molecule has 0 aliphatic rings. The van der Waals surface area contributed by atoms with E-state index in [1.54, 1.807) is 23.9 Å². The third-order valence-corrected chi connectivity index (χ3v) is 2.72. The van der Waals surface area contributed by atoms with Crippen molar-refractivity contribution in [3.8, 4) is 11.4 Å². The molecule has 1 heterocycles. The molecule has 17 heavy (non-hydrogen) atoms. The number of aromatic nitrogens is 3. The van der Waals surface area contributed by atoms with Crippen LogP contribution in [0.3, 0.4) is 0 Å². The standard InChI is InChI=1S/C11H12ClFN4/c1-17-9(5-6-14)15-11(16-17)10-7(12)3-2-4-8(10)13/h2-4H,5-6,14H2,1H3. The third-order valence-electron chi connectivity index (χ3n) is 2.41. The monoisotopic (exact) mass is 254 g/mol. The number of rotatable bonds is 3. The van der Waals surface area contributed by atoms with Gasteiger partial charge in [-0.3, -0.25) is 4.68 Å². The van der Waals surface area contributed by atoms with Gasteiger partial charge in [0.15, 0.2) is 5.82 Å². The third kappa shape index (κ3) is 2.30. The highest BCUT2D eigenvalue weighted by Crippen LogP contribution is 2.28. The van der Waals surface area contributed by atoms with Gasteiger partial charge in [0.2, 0.25) is 0 Å². The van der Waals surface area contributed by atoms with E-state index in [4.69, 9.17) is 17.3 Å². The Hall–Kier alpha value is -1.46. The average molecular weight is 255 g/mol. The molecule has 0 spiro atoms. The Kier molecular flexibility index (Phi) is 3.40. The Labute approximate surface area is 103 Å². The highest BCUT2D eigenvalue weighted by atomic mass is 35.5. The Morgan fingerprint density at radius 3 is 2.88 bits per heavy atom. The average Bonchev–Trinajstić information content (AvgIpc) is 2.60. The van der Waals surface area contributed by atoms with E-state index in [9.17, 15) is 4.39 Å². The molecule has 6 heteroatoms. The predicted molar refractivity (Wildman–Crippen MR) is 64.2 cm³/mol. The lowest BCUT2D eigenvalue weighted by molar-refractivity contribution is 0.629. The Balaban J connectivity index is 2.50. The lowest BCUT2D eigenvalue weighted by Gasteiger charge is -1.99. The van der Waals surface area contributed by atoms with E-state index in [1.165, 1.54) is 6.07 Å². The van der Waals surface area contributed by atoms with Crippen molar-refractivity contribution in [2.45, 2.75) is 6.42 Å². The fraction of sp³-hybridized carbons (Fsp3) is 0.273. The molecular weight excluding hydrogens is 243 g/mol. The van der Waals surface area contributed by atoms with Gasteiger partial charge in [-0.25, -0.2) is 9.37 Å². The number of hydrogen-bond acceptors (Lipinski definition) is 3. The largest absolute Gasteiger partial charge is 0.330 e. The molecule has 2 rings (SSSR count). The van der Waals surface area contributed by atoms with Crippen LogP contribution < -0.4 is 5.73 Å². The molecule has 2 aromatic rings. The van der Waals surface area contributed by atoms with Crippen LogP contribution in [0, 0.1) is 5.82 Å². The smallest absolute Gasteiger partial charge is 0.185 e. The first kappa shape index (κ1) is 12.0. The second-order valence-electron chi connectivity index (χ2n) is 3.61. The molecule has 1 aromatic heterocycles. The number of aryl methyl sites for hydroxylation is 1. The molecule has 2 N–H and O–H groups in total. The van der Waals surface area contributed by atoms with Gasteiger partial charge in [-0.1, -0.05) is 17.7 Å². The molecule has 0 saturated heterocycles. The van der Waals surface area contributed by atoms with Gasteiger partial charge < -0.3 is 5.73 Å². The van der Waals surface area contributed by atoms with E-state index in [2.05, 4.69) is 10.1 Å². The summed E-state index contributed by atoms with van der Waals surface area (Å²) in [4.78, 5) is 4.24. The Bertz CT molecular complexity index is 518. The first-order chi connectivity index (χ1) is 8.13. The summed E-state index contributed by atoms with van der Waals surface area (Å²) in [5.41, 5.74) is 5.69. The molecule has 0 radical (unpaired) electrons. The molecule has 0 aliphatic heterocycles. The maximum Gasteiger partial charge on any atom is 0.185 e. The summed E-state index contributed by atoms with van der Waals surface area (Å²) in [7, 11) is 1.75. The molecule has 0 aliphatic carbocycles. The fourth-order valence-electron chi connectivity index (χ4n) is 1.58. The number of benzene rings is 1. The Morgan fingerprint density at radius 1 is 1.47 bits per heavy atom. The zero-order valence-electron chi connectivity index (χ0n) is 9.32. The van der Waals surface area contributed by atoms with E-state index in [0.29, 0.717) is 29.6 Å². The van der Waals surface area contributed by atoms with Crippen LogP contribution in [0.25, 0.3) is 11.4 Å². The van der Waals surface area contributed by atoms with Crippen molar-refractivity contribution in [1.29, 1.82) is 0 Å². The molecule has 0 fully saturated rings. The van der Waals surface area contributed by atoms with Crippen molar-refractivity contribution < 1.29 is 4.39 Å². The minimum absolute atomic E-state index is 0.230. The minimum Gasteiger partial charge on any atom is -0.330 e. The summed E-state index contributed by atoms with van der Waals surface area (Å²) in [6.45, 7) is 0.469. The lowest BCUT2D eigenvalue weighted by Crippen LogP contribution is -2.08. The zero-order valence-corrected chi connectivity index (χ0v) is 10.1. The highest BCUT2D eigenvalue weighted by molar-refractivity contribution is 6.33. The molecule has 4 nitrogen and oxygen atoms in total. The summed E-state index contributed by atoms with van der Waals surface area (Å²) in [6.07, 6.45) is 0.593. The number of hydrogen-bond donors (Lipinski definition) is 1. The molecule has 0 amide bonds. The molecule has 1 aromatic carbocycles. The van der Waals surface area contributed by atoms with Gasteiger partial charge in [0.25, 0.3) is 0 Å². The Morgan fingerprint density at radius 2 is 2.24 bits per heavy atom. The maximum absolute atomic E-state index is 13.7. The van der Waals surface area contributed by atoms with Crippen LogP contribution in [0.2, 0.25) is 5.02 Å². The number of nitrogens with zero attached hydrogens (tertiary/aromatic N) is 3. The quantitative estimate of drug-likeness (QED) is 0.908. The molecule has 0 unspecified atom stereocenters. The van der Waals surface area contributed by atoms with E-state index in [-0.39, 0.29) is 5.56 Å². The zero-order chi connectivity index (χ0) is 12.4. The van der Waals surface area contributed by atoms with E-state index >= 15 is 0 Å². The molecule has 90 valence electrons. The van der Waals surface area contributed by atoms with Gasteiger partial charge in [0.1, 0.15) is 11.6 Å². The molecule has 0 atom stereocenters. The van der Waals surface area contributed by atoms with Crippen LogP contribution in [-0.4, -0.2) is 21.3 Å². The van der Waals surface area contributed by atoms with Gasteiger partial charge in [-0.15, -0.1) is 0 Å². The van der Waals surface area contributed by atoms with E-state index in [1.807, 2.05) is 0 Å². The van der Waals surface area contributed by atoms with Crippen LogP contribution in [0.5, 0.6) is 0 Å². The van der Waals surface area contributed by atoms with Crippen LogP contribution in [0.15, 0.2) is 18.2 Å². The van der Waals surface area contributed by atoms with Crippen LogP contribution in [0.4, 0.5) is 4.39 Å². The molecule has 0 saturated carbocycles. The number of nitrogens with two attached hydrogens (primary N) is 1. The first-order valence-electron chi connectivity index (χ1n) is 5.18. The summed E-state index contributed by atoms with van der Waals surface area (Å²) < 4.78 is 15.3. The molecular formula is C11H12ClFN4. The van der Waals surface area contributed by atoms with Crippen molar-refractivity contribution in [2.24, 2.45) is 12.8 Å². The van der Waals surface area contributed by atoms with Crippen molar-refractivity contribution in [3.63, 3.8) is 0 Å². The summed E-state index contributed by atoms with van der Waals surface area (Å²) in [5, 5.41) is 4.45. The van der Waals surface area contributed by atoms with Crippen LogP contribution in [-0.2, 0) is 13.5 Å².